The van der Waals surface area contributed by atoms with Crippen molar-refractivity contribution in [3.8, 4) is 11.1 Å². The lowest BCUT2D eigenvalue weighted by Gasteiger charge is -2.04. The summed E-state index contributed by atoms with van der Waals surface area (Å²) in [5, 5.41) is 0. The van der Waals surface area contributed by atoms with Crippen molar-refractivity contribution in [3.63, 3.8) is 0 Å². The molecule has 148 valence electrons. The minimum atomic E-state index is -1.46. The Morgan fingerprint density at radius 1 is 0.793 bits per heavy atom. The van der Waals surface area contributed by atoms with Gasteiger partial charge in [-0.15, -0.1) is 6.58 Å². The molecule has 0 radical (unpaired) electrons. The number of unbranched alkanes of at least 4 members (excludes halogenated alkanes) is 2. The van der Waals surface area contributed by atoms with Crippen LogP contribution < -0.4 is 0 Å². The molecule has 0 heterocycles. The zero-order chi connectivity index (χ0) is 20.6. The van der Waals surface area contributed by atoms with Crippen LogP contribution in [0.4, 0.5) is 18.9 Å². The van der Waals surface area contributed by atoms with Gasteiger partial charge in [0.1, 0.15) is 0 Å². The van der Waals surface area contributed by atoms with E-state index in [2.05, 4.69) is 23.7 Å². The molecule has 0 atom stereocenters. The summed E-state index contributed by atoms with van der Waals surface area (Å²) in [7, 11) is 0. The summed E-state index contributed by atoms with van der Waals surface area (Å²) in [6.07, 6.45) is 8.12. The monoisotopic (exact) mass is 393 g/mol. The lowest BCUT2D eigenvalue weighted by molar-refractivity contribution is 0.448. The number of benzene rings is 3. The molecule has 3 aromatic carbocycles. The fourth-order valence-electron chi connectivity index (χ4n) is 3.00. The van der Waals surface area contributed by atoms with Crippen molar-refractivity contribution in [2.75, 3.05) is 0 Å². The molecule has 0 bridgehead atoms. The molecule has 0 aromatic heterocycles. The summed E-state index contributed by atoms with van der Waals surface area (Å²) in [6.45, 7) is 3.73. The molecule has 0 unspecified atom stereocenters. The molecule has 0 N–H and O–H groups in total. The predicted octanol–water partition coefficient (Wildman–Crippen LogP) is 7.42. The van der Waals surface area contributed by atoms with E-state index in [9.17, 15) is 13.2 Å². The largest absolute Gasteiger partial charge is 0.256 e. The SMILES string of the molecule is C=CCCCCc1ccc(C=Nc2ccc(-c3cc(F)c(F)c(F)c3)cc2)cc1. The van der Waals surface area contributed by atoms with Crippen molar-refractivity contribution in [2.45, 2.75) is 25.7 Å². The molecule has 0 aliphatic heterocycles. The molecule has 0 amide bonds. The van der Waals surface area contributed by atoms with E-state index in [0.29, 0.717) is 11.3 Å². The molecule has 0 fully saturated rings. The number of allylic oxidation sites excluding steroid dienone is 1. The quantitative estimate of drug-likeness (QED) is 0.163. The average molecular weight is 393 g/mol. The molecule has 0 saturated heterocycles. The van der Waals surface area contributed by atoms with Crippen LogP contribution in [0.25, 0.3) is 11.1 Å². The number of aliphatic imine (C=N–C) groups is 1. The molecule has 0 aliphatic rings. The zero-order valence-electron chi connectivity index (χ0n) is 16.0. The fraction of sp³-hybridized carbons (Fsp3) is 0.160. The number of rotatable bonds is 8. The summed E-state index contributed by atoms with van der Waals surface area (Å²) in [6, 6.07) is 17.1. The van der Waals surface area contributed by atoms with E-state index in [-0.39, 0.29) is 5.56 Å². The van der Waals surface area contributed by atoms with Gasteiger partial charge in [0.15, 0.2) is 17.5 Å². The van der Waals surface area contributed by atoms with E-state index in [4.69, 9.17) is 0 Å². The van der Waals surface area contributed by atoms with Crippen molar-refractivity contribution in [3.05, 3.63) is 102 Å². The second-order valence-electron chi connectivity index (χ2n) is 6.83. The number of aryl methyl sites for hydroxylation is 1. The first-order valence-electron chi connectivity index (χ1n) is 9.55. The molecule has 3 aromatic rings. The highest BCUT2D eigenvalue weighted by Gasteiger charge is 2.11. The summed E-state index contributed by atoms with van der Waals surface area (Å²) < 4.78 is 39.9. The summed E-state index contributed by atoms with van der Waals surface area (Å²) >= 11 is 0. The summed E-state index contributed by atoms with van der Waals surface area (Å²) in [5.41, 5.74) is 3.87. The Labute approximate surface area is 169 Å². The topological polar surface area (TPSA) is 12.4 Å². The van der Waals surface area contributed by atoms with Gasteiger partial charge in [0, 0.05) is 6.21 Å². The van der Waals surface area contributed by atoms with Crippen LogP contribution in [0.1, 0.15) is 30.4 Å². The third kappa shape index (κ3) is 5.67. The molecular formula is C25H22F3N. The highest BCUT2D eigenvalue weighted by atomic mass is 19.2. The number of nitrogens with zero attached hydrogens (tertiary/aromatic N) is 1. The molecule has 4 heteroatoms. The van der Waals surface area contributed by atoms with Crippen molar-refractivity contribution in [1.29, 1.82) is 0 Å². The highest BCUT2D eigenvalue weighted by Crippen LogP contribution is 2.25. The number of hydrogen-bond acceptors (Lipinski definition) is 1. The molecule has 0 saturated carbocycles. The van der Waals surface area contributed by atoms with Crippen LogP contribution in [0.2, 0.25) is 0 Å². The van der Waals surface area contributed by atoms with Crippen molar-refractivity contribution < 1.29 is 13.2 Å². The Morgan fingerprint density at radius 2 is 1.45 bits per heavy atom. The van der Waals surface area contributed by atoms with Crippen LogP contribution in [-0.4, -0.2) is 6.21 Å². The van der Waals surface area contributed by atoms with Gasteiger partial charge in [-0.2, -0.15) is 0 Å². The average Bonchev–Trinajstić information content (AvgIpc) is 2.74. The maximum Gasteiger partial charge on any atom is 0.194 e. The Kier molecular flexibility index (Phi) is 7.01. The third-order valence-corrected chi connectivity index (χ3v) is 4.65. The lowest BCUT2D eigenvalue weighted by Crippen LogP contribution is -1.91. The van der Waals surface area contributed by atoms with Gasteiger partial charge < -0.3 is 0 Å². The van der Waals surface area contributed by atoms with Crippen molar-refractivity contribution in [2.24, 2.45) is 4.99 Å². The van der Waals surface area contributed by atoms with Crippen LogP contribution in [0, 0.1) is 17.5 Å². The van der Waals surface area contributed by atoms with Gasteiger partial charge in [-0.1, -0.05) is 42.5 Å². The third-order valence-electron chi connectivity index (χ3n) is 4.65. The Bertz CT molecular complexity index is 967. The van der Waals surface area contributed by atoms with Gasteiger partial charge in [-0.05, 0) is 72.2 Å². The summed E-state index contributed by atoms with van der Waals surface area (Å²) in [5.74, 6) is -3.87. The van der Waals surface area contributed by atoms with Crippen LogP contribution in [0.15, 0.2) is 78.3 Å². The molecule has 0 aliphatic carbocycles. The first kappa shape index (κ1) is 20.6. The zero-order valence-corrected chi connectivity index (χ0v) is 16.0. The van der Waals surface area contributed by atoms with E-state index < -0.39 is 17.5 Å². The molecule has 0 spiro atoms. The maximum atomic E-state index is 13.4. The van der Waals surface area contributed by atoms with Gasteiger partial charge >= 0.3 is 0 Å². The molecular weight excluding hydrogens is 371 g/mol. The Hall–Kier alpha value is -3.14. The minimum absolute atomic E-state index is 0.278. The first-order chi connectivity index (χ1) is 14.1. The van der Waals surface area contributed by atoms with E-state index in [1.54, 1.807) is 30.5 Å². The van der Waals surface area contributed by atoms with Crippen molar-refractivity contribution in [1.82, 2.24) is 0 Å². The highest BCUT2D eigenvalue weighted by molar-refractivity contribution is 5.82. The smallest absolute Gasteiger partial charge is 0.194 e. The van der Waals surface area contributed by atoms with Gasteiger partial charge in [0.05, 0.1) is 5.69 Å². The van der Waals surface area contributed by atoms with Gasteiger partial charge in [0.25, 0.3) is 0 Å². The van der Waals surface area contributed by atoms with Gasteiger partial charge in [-0.25, -0.2) is 13.2 Å². The first-order valence-corrected chi connectivity index (χ1v) is 9.55. The summed E-state index contributed by atoms with van der Waals surface area (Å²) in [4.78, 5) is 4.43. The van der Waals surface area contributed by atoms with E-state index >= 15 is 0 Å². The predicted molar refractivity (Wildman–Crippen MR) is 113 cm³/mol. The fourth-order valence-corrected chi connectivity index (χ4v) is 3.00. The van der Waals surface area contributed by atoms with Crippen LogP contribution in [-0.2, 0) is 6.42 Å². The Balaban J connectivity index is 1.63. The van der Waals surface area contributed by atoms with Crippen molar-refractivity contribution >= 4 is 11.9 Å². The van der Waals surface area contributed by atoms with Crippen LogP contribution >= 0.6 is 0 Å². The molecule has 3 rings (SSSR count). The Morgan fingerprint density at radius 3 is 2.07 bits per heavy atom. The molecule has 29 heavy (non-hydrogen) atoms. The van der Waals surface area contributed by atoms with Crippen LogP contribution in [0.5, 0.6) is 0 Å². The second kappa shape index (κ2) is 9.87. The van der Waals surface area contributed by atoms with Gasteiger partial charge in [0.2, 0.25) is 0 Å². The standard InChI is InChI=1S/C25H22F3N/c1-2-3-4-5-6-18-7-9-19(10-8-18)17-29-22-13-11-20(12-14-22)21-15-23(26)25(28)24(27)16-21/h2,7-17H,1,3-6H2. The lowest BCUT2D eigenvalue weighted by atomic mass is 10.0. The molecule has 1 nitrogen and oxygen atoms in total. The maximum absolute atomic E-state index is 13.4. The van der Waals surface area contributed by atoms with Crippen LogP contribution in [0.3, 0.4) is 0 Å². The minimum Gasteiger partial charge on any atom is -0.256 e. The number of halogens is 3. The second-order valence-corrected chi connectivity index (χ2v) is 6.83. The normalized spacial score (nSPS) is 11.1. The number of hydrogen-bond donors (Lipinski definition) is 0. The van der Waals surface area contributed by atoms with E-state index in [0.717, 1.165) is 43.4 Å². The van der Waals surface area contributed by atoms with E-state index in [1.807, 2.05) is 18.2 Å². The van der Waals surface area contributed by atoms with E-state index in [1.165, 1.54) is 5.56 Å². The van der Waals surface area contributed by atoms with Gasteiger partial charge in [-0.3, -0.25) is 4.99 Å².